The van der Waals surface area contributed by atoms with Gasteiger partial charge >= 0.3 is 0 Å². The molecule has 31 heavy (non-hydrogen) atoms. The molecule has 0 aliphatic rings. The largest absolute Gasteiger partial charge is 0.475 e. The summed E-state index contributed by atoms with van der Waals surface area (Å²) in [5, 5.41) is 16.3. The van der Waals surface area contributed by atoms with Crippen molar-refractivity contribution in [2.75, 3.05) is 13.2 Å². The molecule has 0 aliphatic carbocycles. The van der Waals surface area contributed by atoms with Crippen LogP contribution in [0.25, 0.3) is 27.9 Å². The SMILES string of the molecule is O=C(NCCOc1ccc2nnc(-c3cccc(F)c3)n2n1)c1cc2ccccc2[nH]1. The summed E-state index contributed by atoms with van der Waals surface area (Å²) in [6.45, 7) is 0.523. The van der Waals surface area contributed by atoms with Crippen molar-refractivity contribution in [1.82, 2.24) is 30.1 Å². The number of aromatic nitrogens is 5. The van der Waals surface area contributed by atoms with Gasteiger partial charge in [0.2, 0.25) is 5.88 Å². The fourth-order valence-corrected chi connectivity index (χ4v) is 3.27. The fourth-order valence-electron chi connectivity index (χ4n) is 3.27. The molecule has 8 nitrogen and oxygen atoms in total. The number of carbonyl (C=O) groups excluding carboxylic acids is 1. The first kappa shape index (κ1) is 18.7. The van der Waals surface area contributed by atoms with Crippen LogP contribution in [0.2, 0.25) is 0 Å². The van der Waals surface area contributed by atoms with E-state index >= 15 is 0 Å². The second-order valence-corrected chi connectivity index (χ2v) is 6.85. The molecule has 0 radical (unpaired) electrons. The van der Waals surface area contributed by atoms with Crippen LogP contribution in [0.4, 0.5) is 4.39 Å². The molecular weight excluding hydrogens is 399 g/mol. The molecular formula is C22H17FN6O2. The summed E-state index contributed by atoms with van der Waals surface area (Å²) >= 11 is 0. The maximum Gasteiger partial charge on any atom is 0.267 e. The molecule has 2 aromatic carbocycles. The molecule has 0 atom stereocenters. The van der Waals surface area contributed by atoms with E-state index in [4.69, 9.17) is 4.74 Å². The lowest BCUT2D eigenvalue weighted by molar-refractivity contribution is 0.0942. The summed E-state index contributed by atoms with van der Waals surface area (Å²) in [5.74, 6) is 0.166. The third-order valence-corrected chi connectivity index (χ3v) is 4.73. The number of aromatic amines is 1. The van der Waals surface area contributed by atoms with Gasteiger partial charge in [-0.25, -0.2) is 4.39 Å². The Hall–Kier alpha value is -4.27. The molecule has 0 spiro atoms. The van der Waals surface area contributed by atoms with Crippen molar-refractivity contribution in [2.45, 2.75) is 0 Å². The van der Waals surface area contributed by atoms with E-state index < -0.39 is 0 Å². The van der Waals surface area contributed by atoms with Crippen LogP contribution in [0.3, 0.4) is 0 Å². The van der Waals surface area contributed by atoms with E-state index in [0.29, 0.717) is 35.2 Å². The molecule has 5 rings (SSSR count). The number of hydrogen-bond acceptors (Lipinski definition) is 5. The van der Waals surface area contributed by atoms with Gasteiger partial charge in [-0.3, -0.25) is 4.79 Å². The molecule has 2 N–H and O–H groups in total. The van der Waals surface area contributed by atoms with E-state index in [2.05, 4.69) is 25.6 Å². The van der Waals surface area contributed by atoms with Crippen molar-refractivity contribution < 1.29 is 13.9 Å². The average Bonchev–Trinajstić information content (AvgIpc) is 3.40. The fraction of sp³-hybridized carbons (Fsp3) is 0.0909. The van der Waals surface area contributed by atoms with Gasteiger partial charge in [0.1, 0.15) is 18.1 Å². The lowest BCUT2D eigenvalue weighted by atomic mass is 10.2. The Balaban J connectivity index is 1.23. The first-order valence-corrected chi connectivity index (χ1v) is 9.64. The van der Waals surface area contributed by atoms with Gasteiger partial charge in [0.15, 0.2) is 11.5 Å². The van der Waals surface area contributed by atoms with Crippen LogP contribution in [0.15, 0.2) is 66.7 Å². The predicted molar refractivity (Wildman–Crippen MR) is 112 cm³/mol. The highest BCUT2D eigenvalue weighted by molar-refractivity contribution is 5.97. The zero-order chi connectivity index (χ0) is 21.2. The molecule has 3 aromatic heterocycles. The Bertz CT molecular complexity index is 1360. The second kappa shape index (κ2) is 7.86. The number of ether oxygens (including phenoxy) is 1. The van der Waals surface area contributed by atoms with Crippen molar-refractivity contribution in [1.29, 1.82) is 0 Å². The van der Waals surface area contributed by atoms with Crippen LogP contribution >= 0.6 is 0 Å². The minimum absolute atomic E-state index is 0.213. The highest BCUT2D eigenvalue weighted by Gasteiger charge is 2.12. The lowest BCUT2D eigenvalue weighted by Gasteiger charge is -2.07. The third kappa shape index (κ3) is 3.80. The van der Waals surface area contributed by atoms with Gasteiger partial charge in [-0.05, 0) is 30.3 Å². The molecule has 0 unspecified atom stereocenters. The van der Waals surface area contributed by atoms with Gasteiger partial charge in [-0.1, -0.05) is 30.3 Å². The Morgan fingerprint density at radius 1 is 1.06 bits per heavy atom. The standard InChI is InChI=1S/C22H17FN6O2/c23-16-6-3-5-15(12-16)21-27-26-19-8-9-20(28-29(19)21)31-11-10-24-22(30)18-13-14-4-1-2-7-17(14)25-18/h1-9,12-13,25H,10-11H2,(H,24,30). The number of para-hydroxylation sites is 1. The van der Waals surface area contributed by atoms with E-state index in [9.17, 15) is 9.18 Å². The number of hydrogen-bond donors (Lipinski definition) is 2. The van der Waals surface area contributed by atoms with Crippen molar-refractivity contribution >= 4 is 22.5 Å². The second-order valence-electron chi connectivity index (χ2n) is 6.85. The van der Waals surface area contributed by atoms with Gasteiger partial charge in [-0.2, -0.15) is 4.52 Å². The predicted octanol–water partition coefficient (Wildman–Crippen LogP) is 3.22. The van der Waals surface area contributed by atoms with Crippen molar-refractivity contribution in [3.8, 4) is 17.3 Å². The van der Waals surface area contributed by atoms with Crippen LogP contribution in [0.5, 0.6) is 5.88 Å². The smallest absolute Gasteiger partial charge is 0.267 e. The lowest BCUT2D eigenvalue weighted by Crippen LogP contribution is -2.28. The number of fused-ring (bicyclic) bond motifs is 2. The van der Waals surface area contributed by atoms with Gasteiger partial charge in [-0.15, -0.1) is 15.3 Å². The monoisotopic (exact) mass is 416 g/mol. The number of amides is 1. The zero-order valence-electron chi connectivity index (χ0n) is 16.2. The average molecular weight is 416 g/mol. The number of nitrogens with zero attached hydrogens (tertiary/aromatic N) is 4. The topological polar surface area (TPSA) is 97.2 Å². The molecule has 5 aromatic rings. The first-order valence-electron chi connectivity index (χ1n) is 9.64. The Morgan fingerprint density at radius 3 is 2.84 bits per heavy atom. The van der Waals surface area contributed by atoms with E-state index in [1.54, 1.807) is 30.3 Å². The quantitative estimate of drug-likeness (QED) is 0.414. The maximum absolute atomic E-state index is 13.6. The third-order valence-electron chi connectivity index (χ3n) is 4.73. The molecule has 0 fully saturated rings. The number of carbonyl (C=O) groups is 1. The van der Waals surface area contributed by atoms with Gasteiger partial charge < -0.3 is 15.0 Å². The summed E-state index contributed by atoms with van der Waals surface area (Å²) in [4.78, 5) is 15.4. The zero-order valence-corrected chi connectivity index (χ0v) is 16.2. The van der Waals surface area contributed by atoms with Crippen molar-refractivity contribution in [2.24, 2.45) is 0 Å². The van der Waals surface area contributed by atoms with E-state index in [0.717, 1.165) is 10.9 Å². The molecule has 0 saturated carbocycles. The molecule has 9 heteroatoms. The number of rotatable bonds is 6. The van der Waals surface area contributed by atoms with Crippen LogP contribution in [-0.2, 0) is 0 Å². The molecule has 0 aliphatic heterocycles. The maximum atomic E-state index is 13.6. The minimum atomic E-state index is -0.368. The van der Waals surface area contributed by atoms with Crippen molar-refractivity contribution in [3.63, 3.8) is 0 Å². The normalized spacial score (nSPS) is 11.1. The van der Waals surface area contributed by atoms with Gasteiger partial charge in [0, 0.05) is 22.5 Å². The van der Waals surface area contributed by atoms with Crippen LogP contribution in [0.1, 0.15) is 10.5 Å². The summed E-state index contributed by atoms with van der Waals surface area (Å²) in [5.41, 5.74) is 2.47. The Morgan fingerprint density at radius 2 is 1.97 bits per heavy atom. The summed E-state index contributed by atoms with van der Waals surface area (Å²) in [6, 6.07) is 18.9. The van der Waals surface area contributed by atoms with Gasteiger partial charge in [0.25, 0.3) is 5.91 Å². The molecule has 154 valence electrons. The Labute approximate surface area is 175 Å². The number of halogens is 1. The van der Waals surface area contributed by atoms with E-state index in [1.807, 2.05) is 24.3 Å². The highest BCUT2D eigenvalue weighted by atomic mass is 19.1. The van der Waals surface area contributed by atoms with Crippen LogP contribution in [-0.4, -0.2) is 43.9 Å². The van der Waals surface area contributed by atoms with Crippen molar-refractivity contribution in [3.05, 3.63) is 78.2 Å². The Kier molecular flexibility index (Phi) is 4.75. The number of H-pyrrole nitrogens is 1. The first-order chi connectivity index (χ1) is 15.2. The van der Waals surface area contributed by atoms with E-state index in [-0.39, 0.29) is 18.3 Å². The minimum Gasteiger partial charge on any atom is -0.475 e. The van der Waals surface area contributed by atoms with Crippen LogP contribution < -0.4 is 10.1 Å². The highest BCUT2D eigenvalue weighted by Crippen LogP contribution is 2.20. The molecule has 1 amide bonds. The summed E-state index contributed by atoms with van der Waals surface area (Å²) in [6.07, 6.45) is 0. The molecule has 3 heterocycles. The number of benzene rings is 2. The molecule has 0 saturated heterocycles. The summed E-state index contributed by atoms with van der Waals surface area (Å²) in [7, 11) is 0. The van der Waals surface area contributed by atoms with Gasteiger partial charge in [0.05, 0.1) is 6.54 Å². The summed E-state index contributed by atoms with van der Waals surface area (Å²) < 4.78 is 20.7. The molecule has 0 bridgehead atoms. The number of nitrogens with one attached hydrogen (secondary N) is 2. The van der Waals surface area contributed by atoms with E-state index in [1.165, 1.54) is 16.6 Å². The van der Waals surface area contributed by atoms with Crippen LogP contribution in [0, 0.1) is 5.82 Å².